The molecular formula is C20H32N4O2. The summed E-state index contributed by atoms with van der Waals surface area (Å²) in [6, 6.07) is 7.07. The van der Waals surface area contributed by atoms with Gasteiger partial charge in [0, 0.05) is 12.6 Å². The van der Waals surface area contributed by atoms with Gasteiger partial charge in [0.2, 0.25) is 0 Å². The van der Waals surface area contributed by atoms with Gasteiger partial charge in [0.1, 0.15) is 0 Å². The van der Waals surface area contributed by atoms with Crippen molar-refractivity contribution in [3.05, 3.63) is 29.8 Å². The van der Waals surface area contributed by atoms with Crippen LogP contribution in [-0.2, 0) is 0 Å². The molecule has 6 nitrogen and oxygen atoms in total. The van der Waals surface area contributed by atoms with E-state index in [0.717, 1.165) is 38.8 Å². The number of benzene rings is 1. The topological polar surface area (TPSA) is 82.3 Å². The Morgan fingerprint density at radius 3 is 2.58 bits per heavy atom. The average molecular weight is 361 g/mol. The van der Waals surface area contributed by atoms with E-state index in [1.165, 1.54) is 19.3 Å². The molecule has 144 valence electrons. The Hall–Kier alpha value is -2.08. The van der Waals surface area contributed by atoms with Crippen molar-refractivity contribution in [2.75, 3.05) is 25.0 Å². The van der Waals surface area contributed by atoms with Crippen LogP contribution < -0.4 is 21.3 Å². The fourth-order valence-corrected chi connectivity index (χ4v) is 3.12. The van der Waals surface area contributed by atoms with E-state index in [0.29, 0.717) is 17.8 Å². The molecule has 0 unspecified atom stereocenters. The number of amides is 3. The number of urea groups is 1. The van der Waals surface area contributed by atoms with Crippen LogP contribution in [0.1, 0.15) is 62.2 Å². The van der Waals surface area contributed by atoms with E-state index in [2.05, 4.69) is 28.2 Å². The molecule has 0 aliphatic carbocycles. The summed E-state index contributed by atoms with van der Waals surface area (Å²) in [4.78, 5) is 24.7. The summed E-state index contributed by atoms with van der Waals surface area (Å²) in [5.41, 5.74) is 1.05. The summed E-state index contributed by atoms with van der Waals surface area (Å²) in [5.74, 6) is -0.132. The molecule has 0 radical (unpaired) electrons. The quantitative estimate of drug-likeness (QED) is 0.510. The Balaban J connectivity index is 1.81. The van der Waals surface area contributed by atoms with Crippen molar-refractivity contribution >= 4 is 17.6 Å². The van der Waals surface area contributed by atoms with Crippen molar-refractivity contribution in [3.63, 3.8) is 0 Å². The molecule has 4 N–H and O–H groups in total. The van der Waals surface area contributed by atoms with Gasteiger partial charge in [-0.3, -0.25) is 4.79 Å². The molecule has 1 aliphatic heterocycles. The molecule has 1 aromatic rings. The first-order valence-corrected chi connectivity index (χ1v) is 9.86. The minimum absolute atomic E-state index is 0.132. The summed E-state index contributed by atoms with van der Waals surface area (Å²) in [5, 5.41) is 12.0. The van der Waals surface area contributed by atoms with Crippen molar-refractivity contribution in [1.82, 2.24) is 16.0 Å². The minimum Gasteiger partial charge on any atom is -0.349 e. The van der Waals surface area contributed by atoms with E-state index in [4.69, 9.17) is 0 Å². The lowest BCUT2D eigenvalue weighted by atomic mass is 10.1. The van der Waals surface area contributed by atoms with Crippen molar-refractivity contribution in [3.8, 4) is 0 Å². The minimum atomic E-state index is -0.261. The van der Waals surface area contributed by atoms with Crippen molar-refractivity contribution in [2.45, 2.75) is 57.9 Å². The zero-order valence-corrected chi connectivity index (χ0v) is 15.8. The van der Waals surface area contributed by atoms with Crippen LogP contribution in [0.5, 0.6) is 0 Å². The maximum atomic E-state index is 12.6. The lowest BCUT2D eigenvalue weighted by molar-refractivity contribution is 0.0930. The second-order valence-corrected chi connectivity index (χ2v) is 6.84. The Morgan fingerprint density at radius 2 is 1.81 bits per heavy atom. The normalized spacial score (nSPS) is 14.7. The van der Waals surface area contributed by atoms with Crippen LogP contribution in [-0.4, -0.2) is 37.6 Å². The molecule has 1 aromatic carbocycles. The highest BCUT2D eigenvalue weighted by Gasteiger charge is 2.18. The van der Waals surface area contributed by atoms with Crippen LogP contribution in [0.4, 0.5) is 10.5 Å². The van der Waals surface area contributed by atoms with Gasteiger partial charge in [-0.2, -0.15) is 0 Å². The van der Waals surface area contributed by atoms with E-state index in [9.17, 15) is 9.59 Å². The maximum absolute atomic E-state index is 12.6. The summed E-state index contributed by atoms with van der Waals surface area (Å²) >= 11 is 0. The highest BCUT2D eigenvalue weighted by atomic mass is 16.2. The first kappa shape index (κ1) is 20.2. The number of rotatable bonds is 9. The molecule has 1 saturated heterocycles. The third kappa shape index (κ3) is 7.04. The SMILES string of the molecule is CCCCCCCNC(=O)Nc1ccccc1C(=O)NC1CCNCC1. The van der Waals surface area contributed by atoms with Crippen LogP contribution >= 0.6 is 0 Å². The van der Waals surface area contributed by atoms with Gasteiger partial charge in [0.05, 0.1) is 11.3 Å². The summed E-state index contributed by atoms with van der Waals surface area (Å²) in [6.07, 6.45) is 7.63. The van der Waals surface area contributed by atoms with Crippen LogP contribution in [0.3, 0.4) is 0 Å². The van der Waals surface area contributed by atoms with E-state index in [1.807, 2.05) is 12.1 Å². The second-order valence-electron chi connectivity index (χ2n) is 6.84. The van der Waals surface area contributed by atoms with Crippen LogP contribution in [0, 0.1) is 0 Å². The van der Waals surface area contributed by atoms with Crippen LogP contribution in [0.2, 0.25) is 0 Å². The molecule has 26 heavy (non-hydrogen) atoms. The third-order valence-corrected chi connectivity index (χ3v) is 4.66. The second kappa shape index (κ2) is 11.5. The lowest BCUT2D eigenvalue weighted by Crippen LogP contribution is -2.43. The highest BCUT2D eigenvalue weighted by molar-refractivity contribution is 6.03. The molecule has 0 atom stereocenters. The molecule has 0 bridgehead atoms. The van der Waals surface area contributed by atoms with Crippen LogP contribution in [0.15, 0.2) is 24.3 Å². The molecule has 6 heteroatoms. The van der Waals surface area contributed by atoms with E-state index >= 15 is 0 Å². The van der Waals surface area contributed by atoms with E-state index < -0.39 is 0 Å². The number of anilines is 1. The highest BCUT2D eigenvalue weighted by Crippen LogP contribution is 2.16. The zero-order chi connectivity index (χ0) is 18.6. The zero-order valence-electron chi connectivity index (χ0n) is 15.8. The van der Waals surface area contributed by atoms with Gasteiger partial charge in [-0.1, -0.05) is 44.7 Å². The molecule has 1 aliphatic rings. The number of carbonyl (C=O) groups excluding carboxylic acids is 2. The van der Waals surface area contributed by atoms with Gasteiger partial charge >= 0.3 is 6.03 Å². The van der Waals surface area contributed by atoms with E-state index in [1.54, 1.807) is 12.1 Å². The van der Waals surface area contributed by atoms with Gasteiger partial charge in [0.25, 0.3) is 5.91 Å². The first-order chi connectivity index (χ1) is 12.7. The van der Waals surface area contributed by atoms with Gasteiger partial charge in [-0.15, -0.1) is 0 Å². The maximum Gasteiger partial charge on any atom is 0.319 e. The monoisotopic (exact) mass is 360 g/mol. The Labute approximate surface area is 156 Å². The fourth-order valence-electron chi connectivity index (χ4n) is 3.12. The number of para-hydroxylation sites is 1. The summed E-state index contributed by atoms with van der Waals surface area (Å²) in [7, 11) is 0. The van der Waals surface area contributed by atoms with Crippen molar-refractivity contribution < 1.29 is 9.59 Å². The van der Waals surface area contributed by atoms with Gasteiger partial charge in [-0.25, -0.2) is 4.79 Å². The Kier molecular flexibility index (Phi) is 8.96. The standard InChI is InChI=1S/C20H32N4O2/c1-2-3-4-5-8-13-22-20(26)24-18-10-7-6-9-17(18)19(25)23-16-11-14-21-15-12-16/h6-7,9-10,16,21H,2-5,8,11-15H2,1H3,(H,23,25)(H2,22,24,26). The molecule has 0 saturated carbocycles. The molecule has 0 spiro atoms. The average Bonchev–Trinajstić information content (AvgIpc) is 2.66. The Bertz CT molecular complexity index is 571. The first-order valence-electron chi connectivity index (χ1n) is 9.86. The number of hydrogen-bond acceptors (Lipinski definition) is 3. The predicted octanol–water partition coefficient (Wildman–Crippen LogP) is 3.26. The molecule has 2 rings (SSSR count). The number of hydrogen-bond donors (Lipinski definition) is 4. The van der Waals surface area contributed by atoms with Crippen molar-refractivity contribution in [1.29, 1.82) is 0 Å². The number of unbranched alkanes of at least 4 members (excludes halogenated alkanes) is 4. The molecular weight excluding hydrogens is 328 g/mol. The number of carbonyl (C=O) groups is 2. The van der Waals surface area contributed by atoms with Crippen LogP contribution in [0.25, 0.3) is 0 Å². The van der Waals surface area contributed by atoms with E-state index in [-0.39, 0.29) is 18.0 Å². The Morgan fingerprint density at radius 1 is 1.08 bits per heavy atom. The predicted molar refractivity (Wildman–Crippen MR) is 106 cm³/mol. The largest absolute Gasteiger partial charge is 0.349 e. The van der Waals surface area contributed by atoms with Crippen molar-refractivity contribution in [2.24, 2.45) is 0 Å². The molecule has 3 amide bonds. The number of nitrogens with one attached hydrogen (secondary N) is 4. The third-order valence-electron chi connectivity index (χ3n) is 4.66. The lowest BCUT2D eigenvalue weighted by Gasteiger charge is -2.24. The molecule has 1 fully saturated rings. The number of piperidine rings is 1. The molecule has 0 aromatic heterocycles. The summed E-state index contributed by atoms with van der Waals surface area (Å²) < 4.78 is 0. The van der Waals surface area contributed by atoms with Gasteiger partial charge < -0.3 is 21.3 Å². The fraction of sp³-hybridized carbons (Fsp3) is 0.600. The van der Waals surface area contributed by atoms with Gasteiger partial charge in [-0.05, 0) is 44.5 Å². The smallest absolute Gasteiger partial charge is 0.319 e. The summed E-state index contributed by atoms with van der Waals surface area (Å²) in [6.45, 7) is 4.68. The van der Waals surface area contributed by atoms with Gasteiger partial charge in [0.15, 0.2) is 0 Å². The molecule has 1 heterocycles.